The highest BCUT2D eigenvalue weighted by Gasteiger charge is 2.42. The van der Waals surface area contributed by atoms with Gasteiger partial charge < -0.3 is 10.6 Å². The number of halogens is 2. The first-order chi connectivity index (χ1) is 13.6. The molecule has 2 saturated carbocycles. The van der Waals surface area contributed by atoms with Crippen LogP contribution in [0.3, 0.4) is 0 Å². The lowest BCUT2D eigenvalue weighted by Gasteiger charge is -2.23. The number of nitrogens with one attached hydrogen (secondary N) is 2. The second-order valence-electron chi connectivity index (χ2n) is 7.97. The van der Waals surface area contributed by atoms with Crippen LogP contribution in [0, 0.1) is 22.6 Å². The average Bonchev–Trinajstić information content (AvgIpc) is 3.50. The minimum Gasteiger partial charge on any atom is -0.383 e. The maximum Gasteiger partial charge on any atom is 0.131 e. The molecule has 0 spiro atoms. The smallest absolute Gasteiger partial charge is 0.131 e. The van der Waals surface area contributed by atoms with E-state index < -0.39 is 0 Å². The largest absolute Gasteiger partial charge is 0.383 e. The Labute approximate surface area is 170 Å². The molecular formula is C22H24ClFN4. The van der Waals surface area contributed by atoms with Gasteiger partial charge in [0, 0.05) is 35.6 Å². The fourth-order valence-electron chi connectivity index (χ4n) is 3.77. The van der Waals surface area contributed by atoms with Gasteiger partial charge in [0.25, 0.3) is 0 Å². The molecule has 1 aromatic heterocycles. The minimum absolute atomic E-state index is 0.264. The standard InChI is InChI=1S/C22H24ClFN4/c23-19-12-26-21(28-15-4-2-1-3-5-15)11-17(19)18-10-16(6-7-20(18)24)27-14-22(13-25)8-9-22/h6-7,10-12,15,27H,1-5,8-9,14H2,(H,26,28). The predicted octanol–water partition coefficient (Wildman–Crippen LogP) is 6.00. The second-order valence-corrected chi connectivity index (χ2v) is 8.38. The molecule has 2 fully saturated rings. The molecule has 0 amide bonds. The number of aromatic nitrogens is 1. The van der Waals surface area contributed by atoms with E-state index in [1.54, 1.807) is 18.3 Å². The Morgan fingerprint density at radius 2 is 1.96 bits per heavy atom. The molecule has 2 N–H and O–H groups in total. The van der Waals surface area contributed by atoms with Gasteiger partial charge >= 0.3 is 0 Å². The number of anilines is 2. The minimum atomic E-state index is -0.330. The third-order valence-corrected chi connectivity index (χ3v) is 6.09. The van der Waals surface area contributed by atoms with Gasteiger partial charge in [-0.05, 0) is 49.9 Å². The van der Waals surface area contributed by atoms with E-state index >= 15 is 0 Å². The van der Waals surface area contributed by atoms with Gasteiger partial charge in [0.2, 0.25) is 0 Å². The Balaban J connectivity index is 1.56. The van der Waals surface area contributed by atoms with Crippen LogP contribution in [0.4, 0.5) is 15.9 Å². The number of rotatable bonds is 6. The van der Waals surface area contributed by atoms with E-state index in [-0.39, 0.29) is 11.2 Å². The zero-order chi connectivity index (χ0) is 19.6. The Morgan fingerprint density at radius 1 is 1.18 bits per heavy atom. The summed E-state index contributed by atoms with van der Waals surface area (Å²) >= 11 is 6.36. The molecule has 0 bridgehead atoms. The van der Waals surface area contributed by atoms with Crippen LogP contribution in [0.1, 0.15) is 44.9 Å². The number of benzene rings is 1. The SMILES string of the molecule is N#CC1(CNc2ccc(F)c(-c3cc(NC4CCCCC4)ncc3Cl)c2)CC1. The highest BCUT2D eigenvalue weighted by atomic mass is 35.5. The molecule has 0 aliphatic heterocycles. The summed E-state index contributed by atoms with van der Waals surface area (Å²) in [5, 5.41) is 16.4. The fourth-order valence-corrected chi connectivity index (χ4v) is 3.98. The number of nitriles is 1. The van der Waals surface area contributed by atoms with Gasteiger partial charge in [0.05, 0.1) is 16.5 Å². The summed E-state index contributed by atoms with van der Waals surface area (Å²) in [5.74, 6) is 0.397. The highest BCUT2D eigenvalue weighted by Crippen LogP contribution is 2.45. The van der Waals surface area contributed by atoms with Crippen molar-refractivity contribution in [2.24, 2.45) is 5.41 Å². The van der Waals surface area contributed by atoms with E-state index in [2.05, 4.69) is 21.7 Å². The van der Waals surface area contributed by atoms with E-state index in [0.29, 0.717) is 28.7 Å². The molecule has 4 rings (SSSR count). The normalized spacial score (nSPS) is 18.3. The molecular weight excluding hydrogens is 375 g/mol. The van der Waals surface area contributed by atoms with Crippen molar-refractivity contribution >= 4 is 23.1 Å². The van der Waals surface area contributed by atoms with Gasteiger partial charge in [-0.2, -0.15) is 5.26 Å². The van der Waals surface area contributed by atoms with Gasteiger partial charge in [-0.3, -0.25) is 0 Å². The molecule has 1 aromatic carbocycles. The monoisotopic (exact) mass is 398 g/mol. The molecule has 28 heavy (non-hydrogen) atoms. The van der Waals surface area contributed by atoms with Crippen LogP contribution >= 0.6 is 11.6 Å². The maximum atomic E-state index is 14.6. The third kappa shape index (κ3) is 4.23. The number of pyridine rings is 1. The molecule has 2 aromatic rings. The molecule has 146 valence electrons. The van der Waals surface area contributed by atoms with Crippen molar-refractivity contribution in [3.05, 3.63) is 41.3 Å². The van der Waals surface area contributed by atoms with Crippen LogP contribution < -0.4 is 10.6 Å². The van der Waals surface area contributed by atoms with Crippen molar-refractivity contribution in [2.75, 3.05) is 17.2 Å². The van der Waals surface area contributed by atoms with E-state index in [1.165, 1.54) is 25.3 Å². The number of hydrogen-bond acceptors (Lipinski definition) is 4. The first-order valence-electron chi connectivity index (χ1n) is 9.96. The summed E-state index contributed by atoms with van der Waals surface area (Å²) in [6.45, 7) is 0.577. The van der Waals surface area contributed by atoms with Crippen molar-refractivity contribution in [3.8, 4) is 17.2 Å². The van der Waals surface area contributed by atoms with E-state index in [4.69, 9.17) is 11.6 Å². The van der Waals surface area contributed by atoms with Crippen molar-refractivity contribution in [1.29, 1.82) is 5.26 Å². The van der Waals surface area contributed by atoms with Crippen LogP contribution in [-0.2, 0) is 0 Å². The lowest BCUT2D eigenvalue weighted by atomic mass is 9.95. The lowest BCUT2D eigenvalue weighted by molar-refractivity contribution is 0.462. The Bertz CT molecular complexity index is 898. The predicted molar refractivity (Wildman–Crippen MR) is 111 cm³/mol. The van der Waals surface area contributed by atoms with Gasteiger partial charge in [-0.15, -0.1) is 0 Å². The van der Waals surface area contributed by atoms with Crippen LogP contribution in [0.2, 0.25) is 5.02 Å². The topological polar surface area (TPSA) is 60.7 Å². The molecule has 0 unspecified atom stereocenters. The van der Waals surface area contributed by atoms with Crippen molar-refractivity contribution in [3.63, 3.8) is 0 Å². The zero-order valence-corrected chi connectivity index (χ0v) is 16.5. The first kappa shape index (κ1) is 19.0. The van der Waals surface area contributed by atoms with E-state index in [1.807, 2.05) is 6.07 Å². The average molecular weight is 399 g/mol. The Morgan fingerprint density at radius 3 is 2.68 bits per heavy atom. The van der Waals surface area contributed by atoms with Crippen molar-refractivity contribution in [1.82, 2.24) is 4.98 Å². The Hall–Kier alpha value is -2.32. The van der Waals surface area contributed by atoms with Gasteiger partial charge in [-0.1, -0.05) is 30.9 Å². The summed E-state index contributed by atoms with van der Waals surface area (Å²) in [6, 6.07) is 9.50. The summed E-state index contributed by atoms with van der Waals surface area (Å²) in [4.78, 5) is 4.38. The van der Waals surface area contributed by atoms with Gasteiger partial charge in [0.1, 0.15) is 11.6 Å². The summed E-state index contributed by atoms with van der Waals surface area (Å²) in [7, 11) is 0. The molecule has 1 heterocycles. The number of hydrogen-bond donors (Lipinski definition) is 2. The van der Waals surface area contributed by atoms with Gasteiger partial charge in [-0.25, -0.2) is 9.37 Å². The van der Waals surface area contributed by atoms with E-state index in [0.717, 1.165) is 37.2 Å². The molecule has 2 aliphatic carbocycles. The lowest BCUT2D eigenvalue weighted by Crippen LogP contribution is -2.22. The molecule has 2 aliphatic rings. The second kappa shape index (κ2) is 7.97. The molecule has 4 nitrogen and oxygen atoms in total. The van der Waals surface area contributed by atoms with Crippen LogP contribution in [0.5, 0.6) is 0 Å². The van der Waals surface area contributed by atoms with E-state index in [9.17, 15) is 9.65 Å². The molecule has 0 radical (unpaired) electrons. The molecule has 0 saturated heterocycles. The maximum absolute atomic E-state index is 14.6. The van der Waals surface area contributed by atoms with Crippen LogP contribution in [0.25, 0.3) is 11.1 Å². The van der Waals surface area contributed by atoms with Crippen LogP contribution in [-0.4, -0.2) is 17.6 Å². The summed E-state index contributed by atoms with van der Waals surface area (Å²) in [6.07, 6.45) is 9.41. The number of nitrogens with zero attached hydrogens (tertiary/aromatic N) is 2. The van der Waals surface area contributed by atoms with Gasteiger partial charge in [0.15, 0.2) is 0 Å². The highest BCUT2D eigenvalue weighted by molar-refractivity contribution is 6.33. The molecule has 0 atom stereocenters. The van der Waals surface area contributed by atoms with Crippen molar-refractivity contribution in [2.45, 2.75) is 51.0 Å². The first-order valence-corrected chi connectivity index (χ1v) is 10.3. The van der Waals surface area contributed by atoms with Crippen molar-refractivity contribution < 1.29 is 4.39 Å². The quantitative estimate of drug-likeness (QED) is 0.626. The third-order valence-electron chi connectivity index (χ3n) is 5.79. The summed E-state index contributed by atoms with van der Waals surface area (Å²) < 4.78 is 14.6. The van der Waals surface area contributed by atoms with Crippen LogP contribution in [0.15, 0.2) is 30.5 Å². The fraction of sp³-hybridized carbons (Fsp3) is 0.455. The summed E-state index contributed by atoms with van der Waals surface area (Å²) in [5.41, 5.74) is 1.58. The Kier molecular flexibility index (Phi) is 5.41. The molecule has 6 heteroatoms. The zero-order valence-electron chi connectivity index (χ0n) is 15.8.